The first-order valence-electron chi connectivity index (χ1n) is 8.43. The molecule has 1 aliphatic rings. The van der Waals surface area contributed by atoms with Gasteiger partial charge in [0.1, 0.15) is 12.0 Å². The van der Waals surface area contributed by atoms with E-state index in [1.165, 1.54) is 6.42 Å². The van der Waals surface area contributed by atoms with E-state index in [4.69, 9.17) is 9.41 Å². The van der Waals surface area contributed by atoms with E-state index in [-0.39, 0.29) is 0 Å². The second kappa shape index (κ2) is 8.58. The summed E-state index contributed by atoms with van der Waals surface area (Å²) in [5, 5.41) is 6.13. The van der Waals surface area contributed by atoms with Crippen LogP contribution in [0.25, 0.3) is 10.8 Å². The Morgan fingerprint density at radius 2 is 2.42 bits per heavy atom. The van der Waals surface area contributed by atoms with Crippen LogP contribution in [-0.2, 0) is 6.54 Å². The average Bonchev–Trinajstić information content (AvgIpc) is 3.30. The third-order valence-corrected chi connectivity index (χ3v) is 6.13. The summed E-state index contributed by atoms with van der Waals surface area (Å²) in [5.41, 5.74) is 0.868. The third kappa shape index (κ3) is 4.33. The van der Waals surface area contributed by atoms with Crippen LogP contribution < -0.4 is 5.32 Å². The van der Waals surface area contributed by atoms with Crippen LogP contribution in [0.5, 0.6) is 0 Å². The van der Waals surface area contributed by atoms with Gasteiger partial charge in [0.05, 0.1) is 11.4 Å². The van der Waals surface area contributed by atoms with Gasteiger partial charge in [0.25, 0.3) is 0 Å². The van der Waals surface area contributed by atoms with Gasteiger partial charge in [0, 0.05) is 30.6 Å². The van der Waals surface area contributed by atoms with Gasteiger partial charge in [0.2, 0.25) is 5.89 Å². The summed E-state index contributed by atoms with van der Waals surface area (Å²) in [7, 11) is 0. The molecule has 0 spiro atoms. The summed E-state index contributed by atoms with van der Waals surface area (Å²) in [6, 6.07) is 4.02. The topological polar surface area (TPSA) is 53.7 Å². The van der Waals surface area contributed by atoms with E-state index in [1.807, 2.05) is 17.5 Å². The number of hydrogen-bond acceptors (Lipinski definition) is 5. The number of hydrogen-bond donors (Lipinski definition) is 1. The molecule has 2 aromatic rings. The Kier molecular flexibility index (Phi) is 6.20. The molecule has 24 heavy (non-hydrogen) atoms. The van der Waals surface area contributed by atoms with Crippen molar-refractivity contribution >= 4 is 29.1 Å². The summed E-state index contributed by atoms with van der Waals surface area (Å²) in [5.74, 6) is 2.83. The van der Waals surface area contributed by atoms with Crippen molar-refractivity contribution in [3.63, 3.8) is 0 Å². The Balaban J connectivity index is 1.67. The van der Waals surface area contributed by atoms with Gasteiger partial charge in [-0.1, -0.05) is 13.0 Å². The summed E-state index contributed by atoms with van der Waals surface area (Å²) in [4.78, 5) is 12.7. The Bertz CT molecular complexity index is 653. The number of nitrogens with one attached hydrogen (secondary N) is 1. The third-order valence-electron chi connectivity index (χ3n) is 3.90. The van der Waals surface area contributed by atoms with Crippen molar-refractivity contribution in [2.24, 2.45) is 4.99 Å². The fraction of sp³-hybridized carbons (Fsp3) is 0.529. The maximum absolute atomic E-state index is 5.57. The van der Waals surface area contributed by atoms with Crippen LogP contribution in [-0.4, -0.2) is 46.5 Å². The molecule has 0 amide bonds. The first-order chi connectivity index (χ1) is 11.8. The van der Waals surface area contributed by atoms with Gasteiger partial charge in [-0.3, -0.25) is 0 Å². The minimum absolute atomic E-state index is 0.539. The molecule has 0 aromatic carbocycles. The second-order valence-corrected chi connectivity index (χ2v) is 7.99. The molecule has 3 heterocycles. The molecule has 1 saturated heterocycles. The molecule has 0 bridgehead atoms. The number of nitrogens with zero attached hydrogens (tertiary/aromatic N) is 3. The molecule has 130 valence electrons. The van der Waals surface area contributed by atoms with E-state index in [0.717, 1.165) is 41.9 Å². The normalized spacial score (nSPS) is 18.8. The highest BCUT2D eigenvalue weighted by Crippen LogP contribution is 2.24. The molecule has 1 unspecified atom stereocenters. The van der Waals surface area contributed by atoms with Gasteiger partial charge >= 0.3 is 0 Å². The molecule has 1 fully saturated rings. The van der Waals surface area contributed by atoms with Crippen molar-refractivity contribution in [2.75, 3.05) is 25.4 Å². The predicted octanol–water partition coefficient (Wildman–Crippen LogP) is 3.70. The number of thioether (sulfide) groups is 1. The molecule has 3 rings (SSSR count). The van der Waals surface area contributed by atoms with Crippen LogP contribution in [0.3, 0.4) is 0 Å². The Morgan fingerprint density at radius 1 is 1.50 bits per heavy atom. The lowest BCUT2D eigenvalue weighted by atomic mass is 10.3. The van der Waals surface area contributed by atoms with E-state index in [1.54, 1.807) is 17.6 Å². The van der Waals surface area contributed by atoms with Crippen LogP contribution in [0.4, 0.5) is 0 Å². The standard InChI is InChI=1S/C17H24N4OS2/c1-3-14-11-21(7-9-23-14)17(18-4-2)19-10-13-12-22-16(20-13)15-6-5-8-24-15/h5-6,8,12,14H,3-4,7,9-11H2,1-2H3,(H,18,19). The molecule has 1 aliphatic heterocycles. The summed E-state index contributed by atoms with van der Waals surface area (Å²) in [6.45, 7) is 7.89. The minimum Gasteiger partial charge on any atom is -0.443 e. The Morgan fingerprint density at radius 3 is 3.17 bits per heavy atom. The van der Waals surface area contributed by atoms with Crippen LogP contribution in [0.15, 0.2) is 33.2 Å². The van der Waals surface area contributed by atoms with Crippen molar-refractivity contribution in [2.45, 2.75) is 32.1 Å². The number of aromatic nitrogens is 1. The zero-order valence-corrected chi connectivity index (χ0v) is 15.8. The lowest BCUT2D eigenvalue weighted by molar-refractivity contribution is 0.408. The lowest BCUT2D eigenvalue weighted by Crippen LogP contribution is -2.48. The Hall–Kier alpha value is -1.47. The van der Waals surface area contributed by atoms with Gasteiger partial charge in [-0.05, 0) is 24.8 Å². The molecule has 5 nitrogen and oxygen atoms in total. The van der Waals surface area contributed by atoms with E-state index in [2.05, 4.69) is 40.8 Å². The summed E-state index contributed by atoms with van der Waals surface area (Å²) >= 11 is 3.70. The fourth-order valence-electron chi connectivity index (χ4n) is 2.63. The molecule has 0 radical (unpaired) electrons. The zero-order chi connectivity index (χ0) is 16.8. The van der Waals surface area contributed by atoms with Crippen LogP contribution in [0.2, 0.25) is 0 Å². The molecule has 0 aliphatic carbocycles. The van der Waals surface area contributed by atoms with Gasteiger partial charge in [0.15, 0.2) is 5.96 Å². The monoisotopic (exact) mass is 364 g/mol. The van der Waals surface area contributed by atoms with E-state index in [9.17, 15) is 0 Å². The van der Waals surface area contributed by atoms with Crippen molar-refractivity contribution < 1.29 is 4.42 Å². The van der Waals surface area contributed by atoms with E-state index >= 15 is 0 Å². The van der Waals surface area contributed by atoms with E-state index in [0.29, 0.717) is 17.7 Å². The minimum atomic E-state index is 0.539. The molecule has 2 aromatic heterocycles. The molecule has 7 heteroatoms. The first kappa shape index (κ1) is 17.4. The largest absolute Gasteiger partial charge is 0.443 e. The highest BCUT2D eigenvalue weighted by atomic mass is 32.2. The van der Waals surface area contributed by atoms with Crippen molar-refractivity contribution in [3.8, 4) is 10.8 Å². The summed E-state index contributed by atoms with van der Waals surface area (Å²) < 4.78 is 5.57. The quantitative estimate of drug-likeness (QED) is 0.648. The molecular formula is C17H24N4OS2. The van der Waals surface area contributed by atoms with Crippen molar-refractivity contribution in [1.29, 1.82) is 0 Å². The van der Waals surface area contributed by atoms with Gasteiger partial charge < -0.3 is 14.6 Å². The van der Waals surface area contributed by atoms with Gasteiger partial charge in [-0.15, -0.1) is 11.3 Å². The smallest absolute Gasteiger partial charge is 0.236 e. The number of aliphatic imine (C=N–C) groups is 1. The SMILES string of the molecule is CCNC(=NCc1coc(-c2cccs2)n1)N1CCSC(CC)C1. The maximum atomic E-state index is 5.57. The van der Waals surface area contributed by atoms with Crippen LogP contribution >= 0.6 is 23.1 Å². The van der Waals surface area contributed by atoms with Crippen LogP contribution in [0.1, 0.15) is 26.0 Å². The number of rotatable bonds is 5. The molecule has 0 saturated carbocycles. The number of thiophene rings is 1. The van der Waals surface area contributed by atoms with Crippen molar-refractivity contribution in [1.82, 2.24) is 15.2 Å². The number of guanidine groups is 1. The average molecular weight is 365 g/mol. The van der Waals surface area contributed by atoms with E-state index < -0.39 is 0 Å². The zero-order valence-electron chi connectivity index (χ0n) is 14.2. The lowest BCUT2D eigenvalue weighted by Gasteiger charge is -2.34. The molecule has 1 atom stereocenters. The van der Waals surface area contributed by atoms with Gasteiger partial charge in [-0.25, -0.2) is 9.98 Å². The highest BCUT2D eigenvalue weighted by molar-refractivity contribution is 8.00. The maximum Gasteiger partial charge on any atom is 0.236 e. The highest BCUT2D eigenvalue weighted by Gasteiger charge is 2.21. The molecular weight excluding hydrogens is 340 g/mol. The van der Waals surface area contributed by atoms with Crippen LogP contribution in [0, 0.1) is 0 Å². The first-order valence-corrected chi connectivity index (χ1v) is 10.4. The fourth-order valence-corrected chi connectivity index (χ4v) is 4.47. The number of oxazole rings is 1. The molecule has 1 N–H and O–H groups in total. The second-order valence-electron chi connectivity index (χ2n) is 5.64. The Labute approximate surface area is 151 Å². The van der Waals surface area contributed by atoms with Gasteiger partial charge in [-0.2, -0.15) is 11.8 Å². The predicted molar refractivity (Wildman–Crippen MR) is 103 cm³/mol. The summed E-state index contributed by atoms with van der Waals surface area (Å²) in [6.07, 6.45) is 2.91. The van der Waals surface area contributed by atoms with Crippen molar-refractivity contribution in [3.05, 3.63) is 29.5 Å².